The van der Waals surface area contributed by atoms with Crippen LogP contribution in [-0.2, 0) is 13.0 Å². The fourth-order valence-corrected chi connectivity index (χ4v) is 5.35. The summed E-state index contributed by atoms with van der Waals surface area (Å²) >= 11 is 0. The number of piperazine rings is 1. The number of benzene rings is 1. The normalized spacial score (nSPS) is 17.0. The van der Waals surface area contributed by atoms with Crippen molar-refractivity contribution in [3.8, 4) is 5.75 Å². The topological polar surface area (TPSA) is 110 Å². The van der Waals surface area contributed by atoms with Crippen molar-refractivity contribution in [3.63, 3.8) is 0 Å². The number of ketones is 1. The number of Topliss-reactive ketones (excluding diaryl/α,β-unsaturated/α-hetero) is 1. The van der Waals surface area contributed by atoms with Crippen LogP contribution in [0.5, 0.6) is 5.75 Å². The smallest absolute Gasteiger partial charge is 0.317 e. The van der Waals surface area contributed by atoms with Gasteiger partial charge in [-0.15, -0.1) is 0 Å². The first kappa shape index (κ1) is 26.7. The molecule has 2 heterocycles. The van der Waals surface area contributed by atoms with Crippen LogP contribution in [0.2, 0.25) is 0 Å². The van der Waals surface area contributed by atoms with E-state index in [2.05, 4.69) is 10.2 Å². The Bertz CT molecular complexity index is 1100. The van der Waals surface area contributed by atoms with Crippen molar-refractivity contribution >= 4 is 17.7 Å². The van der Waals surface area contributed by atoms with Crippen molar-refractivity contribution in [1.29, 1.82) is 0 Å². The minimum atomic E-state index is -0.535. The molecule has 0 radical (unpaired) electrons. The van der Waals surface area contributed by atoms with Crippen LogP contribution in [0.15, 0.2) is 30.3 Å². The molecule has 3 N–H and O–H groups in total. The maximum Gasteiger partial charge on any atom is 0.317 e. The molecule has 0 bridgehead atoms. The van der Waals surface area contributed by atoms with Crippen molar-refractivity contribution < 1.29 is 19.1 Å². The lowest BCUT2D eigenvalue weighted by molar-refractivity contribution is 0.0866. The van der Waals surface area contributed by atoms with Crippen LogP contribution in [0.1, 0.15) is 64.2 Å². The van der Waals surface area contributed by atoms with Crippen LogP contribution < -0.4 is 15.8 Å². The van der Waals surface area contributed by atoms with Crippen molar-refractivity contribution in [3.05, 3.63) is 52.8 Å². The number of aromatic nitrogens is 1. The zero-order valence-corrected chi connectivity index (χ0v) is 22.0. The highest BCUT2D eigenvalue weighted by Crippen LogP contribution is 2.20. The molecule has 0 unspecified atom stereocenters. The molecule has 2 aliphatic rings. The van der Waals surface area contributed by atoms with Gasteiger partial charge in [-0.1, -0.05) is 31.4 Å². The molecular formula is C28H39N5O4. The molecule has 1 aromatic carbocycles. The van der Waals surface area contributed by atoms with Gasteiger partial charge in [0.2, 0.25) is 0 Å². The largest absolute Gasteiger partial charge is 0.497 e. The number of hydrogen-bond acceptors (Lipinski definition) is 5. The Morgan fingerprint density at radius 1 is 1.03 bits per heavy atom. The van der Waals surface area contributed by atoms with Gasteiger partial charge >= 0.3 is 6.03 Å². The van der Waals surface area contributed by atoms with Gasteiger partial charge in [-0.25, -0.2) is 4.79 Å². The van der Waals surface area contributed by atoms with Crippen molar-refractivity contribution in [2.75, 3.05) is 39.8 Å². The van der Waals surface area contributed by atoms with Crippen LogP contribution in [0.3, 0.4) is 0 Å². The summed E-state index contributed by atoms with van der Waals surface area (Å²) in [5.74, 6) is 0.206. The number of carbonyl (C=O) groups is 3. The summed E-state index contributed by atoms with van der Waals surface area (Å²) < 4.78 is 7.13. The van der Waals surface area contributed by atoms with E-state index in [1.54, 1.807) is 13.2 Å². The second kappa shape index (κ2) is 12.3. The Hall–Kier alpha value is -3.33. The molecule has 1 saturated heterocycles. The lowest BCUT2D eigenvalue weighted by Gasteiger charge is -2.35. The third-order valence-corrected chi connectivity index (χ3v) is 7.66. The maximum atomic E-state index is 13.4. The summed E-state index contributed by atoms with van der Waals surface area (Å²) in [6, 6.07) is 9.74. The van der Waals surface area contributed by atoms with Gasteiger partial charge in [0.1, 0.15) is 5.75 Å². The predicted molar refractivity (Wildman–Crippen MR) is 142 cm³/mol. The molecule has 3 amide bonds. The SMILES string of the molecule is COc1ccc(CCn2c(C(=O)CN3CCN(C(=O)NC4CCCCC4)CC3)cc(C(N)=O)c2C)cc1. The highest BCUT2D eigenvalue weighted by Gasteiger charge is 2.27. The van der Waals surface area contributed by atoms with E-state index in [0.717, 1.165) is 24.2 Å². The number of urea groups is 1. The maximum absolute atomic E-state index is 13.4. The molecule has 1 aliphatic carbocycles. The molecule has 2 fully saturated rings. The van der Waals surface area contributed by atoms with Gasteiger partial charge in [-0.2, -0.15) is 0 Å². The average Bonchev–Trinajstić information content (AvgIpc) is 3.25. The molecule has 0 atom stereocenters. The van der Waals surface area contributed by atoms with Gasteiger partial charge < -0.3 is 25.3 Å². The first-order valence-corrected chi connectivity index (χ1v) is 13.3. The zero-order valence-electron chi connectivity index (χ0n) is 22.0. The van der Waals surface area contributed by atoms with Gasteiger partial charge in [0.15, 0.2) is 5.78 Å². The molecule has 2 aromatic rings. The third-order valence-electron chi connectivity index (χ3n) is 7.66. The Kier molecular flexibility index (Phi) is 8.87. The van der Waals surface area contributed by atoms with E-state index in [-0.39, 0.29) is 24.4 Å². The average molecular weight is 510 g/mol. The second-order valence-electron chi connectivity index (χ2n) is 10.1. The van der Waals surface area contributed by atoms with Gasteiger partial charge in [0.25, 0.3) is 5.91 Å². The molecule has 1 aromatic heterocycles. The molecule has 4 rings (SSSR count). The molecule has 9 heteroatoms. The van der Waals surface area contributed by atoms with E-state index >= 15 is 0 Å². The summed E-state index contributed by atoms with van der Waals surface area (Å²) in [5, 5.41) is 3.18. The monoisotopic (exact) mass is 509 g/mol. The molecule has 1 aliphatic heterocycles. The first-order valence-electron chi connectivity index (χ1n) is 13.3. The number of nitrogens with one attached hydrogen (secondary N) is 1. The Labute approximate surface area is 218 Å². The molecule has 200 valence electrons. The van der Waals surface area contributed by atoms with Crippen LogP contribution in [0, 0.1) is 6.92 Å². The van der Waals surface area contributed by atoms with Crippen molar-refractivity contribution in [2.24, 2.45) is 5.73 Å². The molecule has 1 saturated carbocycles. The zero-order chi connectivity index (χ0) is 26.4. The number of rotatable bonds is 9. The number of nitrogens with two attached hydrogens (primary N) is 1. The van der Waals surface area contributed by atoms with Crippen LogP contribution in [0.4, 0.5) is 4.79 Å². The van der Waals surface area contributed by atoms with Gasteiger partial charge in [-0.3, -0.25) is 14.5 Å². The first-order chi connectivity index (χ1) is 17.9. The highest BCUT2D eigenvalue weighted by atomic mass is 16.5. The summed E-state index contributed by atoms with van der Waals surface area (Å²) in [7, 11) is 1.63. The Balaban J connectivity index is 1.36. The molecule has 37 heavy (non-hydrogen) atoms. The lowest BCUT2D eigenvalue weighted by atomic mass is 9.96. The van der Waals surface area contributed by atoms with E-state index in [0.29, 0.717) is 56.1 Å². The Morgan fingerprint density at radius 2 is 1.70 bits per heavy atom. The molecule has 0 spiro atoms. The quantitative estimate of drug-likeness (QED) is 0.505. The van der Waals surface area contributed by atoms with Gasteiger partial charge in [-0.05, 0) is 49.9 Å². The highest BCUT2D eigenvalue weighted by molar-refractivity contribution is 6.01. The summed E-state index contributed by atoms with van der Waals surface area (Å²) in [4.78, 5) is 42.0. The van der Waals surface area contributed by atoms with Crippen LogP contribution in [-0.4, -0.2) is 78.0 Å². The van der Waals surface area contributed by atoms with Crippen molar-refractivity contribution in [2.45, 2.75) is 58.0 Å². The van der Waals surface area contributed by atoms with Gasteiger partial charge in [0.05, 0.1) is 24.9 Å². The molecular weight excluding hydrogens is 470 g/mol. The third kappa shape index (κ3) is 6.71. The number of carbonyl (C=O) groups excluding carboxylic acids is 3. The van der Waals surface area contributed by atoms with E-state index in [4.69, 9.17) is 10.5 Å². The van der Waals surface area contributed by atoms with Crippen LogP contribution in [0.25, 0.3) is 0 Å². The number of hydrogen-bond donors (Lipinski definition) is 2. The number of methoxy groups -OCH3 is 1. The number of aryl methyl sites for hydroxylation is 1. The fourth-order valence-electron chi connectivity index (χ4n) is 5.35. The van der Waals surface area contributed by atoms with E-state index in [9.17, 15) is 14.4 Å². The van der Waals surface area contributed by atoms with Crippen molar-refractivity contribution in [1.82, 2.24) is 19.7 Å². The lowest BCUT2D eigenvalue weighted by Crippen LogP contribution is -2.54. The van der Waals surface area contributed by atoms with Gasteiger partial charge in [0, 0.05) is 44.5 Å². The second-order valence-corrected chi connectivity index (χ2v) is 10.1. The summed E-state index contributed by atoms with van der Waals surface area (Å²) in [5.41, 5.74) is 8.28. The van der Waals surface area contributed by atoms with E-state index in [1.165, 1.54) is 19.3 Å². The minimum absolute atomic E-state index is 0.00649. The van der Waals surface area contributed by atoms with E-state index in [1.807, 2.05) is 40.7 Å². The predicted octanol–water partition coefficient (Wildman–Crippen LogP) is 2.99. The number of nitrogens with zero attached hydrogens (tertiary/aromatic N) is 3. The summed E-state index contributed by atoms with van der Waals surface area (Å²) in [6.45, 7) is 5.08. The Morgan fingerprint density at radius 3 is 2.32 bits per heavy atom. The number of amides is 3. The standard InChI is InChI=1S/C28H39N5O4/c1-20-24(27(29)35)18-25(33(20)13-12-21-8-10-23(37-2)11-9-21)26(34)19-31-14-16-32(17-15-31)28(36)30-22-6-4-3-5-7-22/h8-11,18,22H,3-7,12-17,19H2,1-2H3,(H2,29,35)(H,30,36). The van der Waals surface area contributed by atoms with Crippen LogP contribution >= 0.6 is 0 Å². The minimum Gasteiger partial charge on any atom is -0.497 e. The summed E-state index contributed by atoms with van der Waals surface area (Å²) in [6.07, 6.45) is 6.44. The molecule has 9 nitrogen and oxygen atoms in total. The number of primary amides is 1. The number of ether oxygens (including phenoxy) is 1. The fraction of sp³-hybridized carbons (Fsp3) is 0.536. The van der Waals surface area contributed by atoms with E-state index < -0.39 is 5.91 Å².